The molecule has 1 nitrogen and oxygen atoms in total. The fraction of sp³-hybridized carbons (Fsp3) is 1.00. The highest BCUT2D eigenvalue weighted by Gasteiger charge is 2.30. The zero-order valence-electron chi connectivity index (χ0n) is 30.1. The van der Waals surface area contributed by atoms with Crippen LogP contribution in [0.5, 0.6) is 0 Å². The van der Waals surface area contributed by atoms with Gasteiger partial charge in [0.1, 0.15) is 16.5 Å². The Bertz CT molecular complexity index is 461. The zero-order valence-corrected chi connectivity index (χ0v) is 32.1. The van der Waals surface area contributed by atoms with Crippen molar-refractivity contribution in [1.29, 1.82) is 0 Å². The molecular weight excluding hydrogens is 527 g/mol. The van der Waals surface area contributed by atoms with Gasteiger partial charge in [0.05, 0.1) is 0 Å². The van der Waals surface area contributed by atoms with Gasteiger partial charge in [-0.2, -0.15) is 0 Å². The first-order valence-corrected chi connectivity index (χ1v) is 26.0. The normalized spacial score (nSPS) is 12.4. The first-order valence-electron chi connectivity index (χ1n) is 19.6. The van der Waals surface area contributed by atoms with E-state index in [-0.39, 0.29) is 0 Å². The third kappa shape index (κ3) is 33.1. The number of nitrogens with one attached hydrogen (secondary N) is 1. The molecule has 0 atom stereocenters. The zero-order chi connectivity index (χ0) is 30.3. The summed E-state index contributed by atoms with van der Waals surface area (Å²) in [6.45, 7) is 15.1. The molecule has 0 rings (SSSR count). The van der Waals surface area contributed by atoms with Gasteiger partial charge in [0, 0.05) is 0 Å². The molecule has 41 heavy (non-hydrogen) atoms. The van der Waals surface area contributed by atoms with Crippen molar-refractivity contribution in [2.45, 2.75) is 245 Å². The van der Waals surface area contributed by atoms with E-state index >= 15 is 0 Å². The Morgan fingerprint density at radius 1 is 0.268 bits per heavy atom. The van der Waals surface area contributed by atoms with Crippen molar-refractivity contribution in [2.75, 3.05) is 0 Å². The largest absolute Gasteiger partial charge is 0.359 e. The second-order valence-electron chi connectivity index (χ2n) is 15.3. The van der Waals surface area contributed by atoms with Gasteiger partial charge in [-0.15, -0.1) is 0 Å². The highest BCUT2D eigenvalue weighted by atomic mass is 28.4. The highest BCUT2D eigenvalue weighted by Crippen LogP contribution is 2.21. The molecule has 0 heterocycles. The minimum Gasteiger partial charge on any atom is -0.359 e. The fourth-order valence-electron chi connectivity index (χ4n) is 6.92. The first-order chi connectivity index (χ1) is 19.8. The van der Waals surface area contributed by atoms with Gasteiger partial charge in [0.2, 0.25) is 0 Å². The quantitative estimate of drug-likeness (QED) is 0.0565. The van der Waals surface area contributed by atoms with Crippen LogP contribution in [-0.2, 0) is 0 Å². The number of hydrogen-bond acceptors (Lipinski definition) is 1. The van der Waals surface area contributed by atoms with Crippen LogP contribution in [0.15, 0.2) is 0 Å². The molecule has 3 heteroatoms. The van der Waals surface area contributed by atoms with E-state index in [1.165, 1.54) is 205 Å². The van der Waals surface area contributed by atoms with E-state index in [0.29, 0.717) is 0 Å². The lowest BCUT2D eigenvalue weighted by atomic mass is 10.0. The minimum atomic E-state index is -1.24. The van der Waals surface area contributed by atoms with Gasteiger partial charge in [0.25, 0.3) is 0 Å². The first kappa shape index (κ1) is 41.4. The van der Waals surface area contributed by atoms with Crippen LogP contribution in [0, 0.1) is 0 Å². The van der Waals surface area contributed by atoms with Crippen molar-refractivity contribution in [1.82, 2.24) is 4.65 Å². The summed E-state index contributed by atoms with van der Waals surface area (Å²) in [6.07, 6.45) is 44.0. The van der Waals surface area contributed by atoms with Gasteiger partial charge < -0.3 is 4.65 Å². The average Bonchev–Trinajstić information content (AvgIpc) is 2.92. The molecule has 0 aliphatic heterocycles. The molecule has 0 spiro atoms. The third-order valence-corrected chi connectivity index (χ3v) is 18.1. The van der Waals surface area contributed by atoms with Crippen LogP contribution in [0.3, 0.4) is 0 Å². The summed E-state index contributed by atoms with van der Waals surface area (Å²) in [4.78, 5) is 0. The summed E-state index contributed by atoms with van der Waals surface area (Å²) in [5.74, 6) is 0. The summed E-state index contributed by atoms with van der Waals surface area (Å²) >= 11 is 0. The van der Waals surface area contributed by atoms with Crippen LogP contribution in [0.2, 0.25) is 38.3 Å². The average molecular weight is 610 g/mol. The van der Waals surface area contributed by atoms with Crippen LogP contribution in [-0.4, -0.2) is 16.5 Å². The van der Waals surface area contributed by atoms with Crippen molar-refractivity contribution in [2.24, 2.45) is 0 Å². The molecular formula is C38H83NSi2. The molecule has 0 amide bonds. The van der Waals surface area contributed by atoms with E-state index in [1.54, 1.807) is 0 Å². The van der Waals surface area contributed by atoms with Crippen molar-refractivity contribution < 1.29 is 0 Å². The molecule has 248 valence electrons. The summed E-state index contributed by atoms with van der Waals surface area (Å²) in [7, 11) is -2.48. The van der Waals surface area contributed by atoms with Gasteiger partial charge in [-0.25, -0.2) is 0 Å². The standard InChI is InChI=1S/C38H83NSi2/c1-7-9-11-13-15-17-19-21-23-25-27-29-31-33-35-37-40(3,4)39-41(5,6)38-36-34-32-30-28-26-24-22-20-18-16-14-12-10-8-2/h39H,7-38H2,1-6H3. The monoisotopic (exact) mass is 610 g/mol. The maximum absolute atomic E-state index is 4.31. The Morgan fingerprint density at radius 2 is 0.439 bits per heavy atom. The van der Waals surface area contributed by atoms with Gasteiger partial charge in [-0.1, -0.05) is 233 Å². The Hall–Kier alpha value is 0.394. The third-order valence-electron chi connectivity index (χ3n) is 9.49. The van der Waals surface area contributed by atoms with E-state index < -0.39 is 16.5 Å². The predicted molar refractivity (Wildman–Crippen MR) is 198 cm³/mol. The summed E-state index contributed by atoms with van der Waals surface area (Å²) in [5.41, 5.74) is 0. The van der Waals surface area contributed by atoms with E-state index in [4.69, 9.17) is 0 Å². The number of unbranched alkanes of at least 4 members (excludes halogenated alkanes) is 28. The minimum absolute atomic E-state index is 1.24. The van der Waals surface area contributed by atoms with E-state index in [0.717, 1.165) is 0 Å². The van der Waals surface area contributed by atoms with E-state index in [9.17, 15) is 0 Å². The maximum Gasteiger partial charge on any atom is 0.112 e. The Kier molecular flexibility index (Phi) is 30.7. The maximum atomic E-state index is 4.31. The summed E-state index contributed by atoms with van der Waals surface area (Å²) < 4.78 is 4.31. The summed E-state index contributed by atoms with van der Waals surface area (Å²) in [6, 6.07) is 2.97. The molecule has 0 fully saturated rings. The molecule has 0 aromatic rings. The second-order valence-corrected chi connectivity index (χ2v) is 24.8. The Balaban J connectivity index is 3.53. The lowest BCUT2D eigenvalue weighted by Crippen LogP contribution is -2.58. The van der Waals surface area contributed by atoms with Gasteiger partial charge in [-0.05, 0) is 12.1 Å². The molecule has 0 saturated heterocycles. The number of hydrogen-bond donors (Lipinski definition) is 1. The number of rotatable bonds is 34. The lowest BCUT2D eigenvalue weighted by molar-refractivity contribution is 0.534. The molecule has 0 aromatic heterocycles. The van der Waals surface area contributed by atoms with Gasteiger partial charge in [0.15, 0.2) is 0 Å². The van der Waals surface area contributed by atoms with E-state index in [1.807, 2.05) is 0 Å². The van der Waals surface area contributed by atoms with Crippen LogP contribution in [0.25, 0.3) is 0 Å². The van der Waals surface area contributed by atoms with Crippen molar-refractivity contribution in [3.8, 4) is 0 Å². The lowest BCUT2D eigenvalue weighted by Gasteiger charge is -2.35. The van der Waals surface area contributed by atoms with Crippen LogP contribution < -0.4 is 4.65 Å². The molecule has 0 saturated carbocycles. The molecule has 0 aromatic carbocycles. The van der Waals surface area contributed by atoms with Crippen LogP contribution in [0.1, 0.15) is 206 Å². The van der Waals surface area contributed by atoms with Crippen LogP contribution >= 0.6 is 0 Å². The van der Waals surface area contributed by atoms with E-state index in [2.05, 4.69) is 44.7 Å². The molecule has 0 aliphatic rings. The van der Waals surface area contributed by atoms with Crippen molar-refractivity contribution in [3.05, 3.63) is 0 Å². The Labute approximate surface area is 265 Å². The van der Waals surface area contributed by atoms with Crippen molar-refractivity contribution in [3.63, 3.8) is 0 Å². The molecule has 0 radical (unpaired) electrons. The highest BCUT2D eigenvalue weighted by molar-refractivity contribution is 6.91. The molecule has 1 N–H and O–H groups in total. The molecule has 0 aliphatic carbocycles. The van der Waals surface area contributed by atoms with Gasteiger partial charge in [-0.3, -0.25) is 0 Å². The van der Waals surface area contributed by atoms with Gasteiger partial charge >= 0.3 is 0 Å². The Morgan fingerprint density at radius 3 is 0.634 bits per heavy atom. The van der Waals surface area contributed by atoms with Crippen LogP contribution in [0.4, 0.5) is 0 Å². The smallest absolute Gasteiger partial charge is 0.112 e. The predicted octanol–water partition coefficient (Wildman–Crippen LogP) is 14.7. The van der Waals surface area contributed by atoms with Crippen molar-refractivity contribution >= 4 is 16.5 Å². The molecule has 0 unspecified atom stereocenters. The SMILES string of the molecule is CCCCCCCCCCCCCCCCC[Si](C)(C)N[Si](C)(C)CCCCCCCCCCCCCCCCC. The summed E-state index contributed by atoms with van der Waals surface area (Å²) in [5, 5.41) is 0. The fourth-order valence-corrected chi connectivity index (χ4v) is 17.5. The topological polar surface area (TPSA) is 12.0 Å². The molecule has 0 bridgehead atoms. The second kappa shape index (κ2) is 30.4.